The van der Waals surface area contributed by atoms with Crippen molar-refractivity contribution in [2.24, 2.45) is 0 Å². The molecule has 1 N–H and O–H groups in total. The number of thioether (sulfide) groups is 1. The van der Waals surface area contributed by atoms with Crippen molar-refractivity contribution in [3.63, 3.8) is 0 Å². The van der Waals surface area contributed by atoms with Gasteiger partial charge in [0, 0.05) is 34.2 Å². The van der Waals surface area contributed by atoms with Crippen LogP contribution in [0.2, 0.25) is 0 Å². The monoisotopic (exact) mass is 620 g/mol. The third-order valence-corrected chi connectivity index (χ3v) is 7.58. The molecule has 236 valence electrons. The lowest BCUT2D eigenvalue weighted by Crippen LogP contribution is -2.65. The Kier molecular flexibility index (Phi) is 12.8. The lowest BCUT2D eigenvalue weighted by Gasteiger charge is -2.44. The summed E-state index contributed by atoms with van der Waals surface area (Å²) in [4.78, 5) is 48.2. The molecule has 2 heterocycles. The number of rotatable bonds is 14. The summed E-state index contributed by atoms with van der Waals surface area (Å²) in [7, 11) is 0. The first-order valence-corrected chi connectivity index (χ1v) is 15.0. The predicted molar refractivity (Wildman–Crippen MR) is 155 cm³/mol. The minimum Gasteiger partial charge on any atom is -0.486 e. The first-order chi connectivity index (χ1) is 20.5. The highest BCUT2D eigenvalue weighted by Gasteiger charge is 2.51. The molecule has 1 aromatic heterocycles. The van der Waals surface area contributed by atoms with E-state index in [1.165, 1.54) is 27.7 Å². The number of hydrogen-bond donors (Lipinski definition) is 1. The van der Waals surface area contributed by atoms with Crippen LogP contribution in [0.25, 0.3) is 0 Å². The number of carbonyl (C=O) groups excluding carboxylic acids is 4. The number of aryl methyl sites for hydroxylation is 1. The SMILES string of the molecule is CCCCCn1c(COc2cccc(C)c2)nnc1S[C@@H]1O[C@H](COC(C)=O)[C@H](OC(C)=O)[C@@H](OC(C)=O)[C@@H]1NC(C)=O. The standard InChI is InChI=1S/C29H40N4O9S/c1-7-8-9-13-33-24(16-39-22-12-10-11-17(2)14-22)31-32-29(33)43-28-25(30-18(3)34)27(41-21(6)37)26(40-20(5)36)23(42-28)15-38-19(4)35/h10-12,14,23,25-28H,7-9,13,15-16H2,1-6H3,(H,30,34)/t23-,25+,26+,27+,28+/m1/s1. The van der Waals surface area contributed by atoms with Gasteiger partial charge < -0.3 is 33.6 Å². The Labute approximate surface area is 255 Å². The highest BCUT2D eigenvalue weighted by atomic mass is 32.2. The molecule has 3 rings (SSSR count). The number of hydrogen-bond acceptors (Lipinski definition) is 12. The van der Waals surface area contributed by atoms with Gasteiger partial charge in [0.25, 0.3) is 0 Å². The second-order valence-electron chi connectivity index (χ2n) is 10.2. The van der Waals surface area contributed by atoms with Crippen LogP contribution in [-0.4, -0.2) is 75.0 Å². The van der Waals surface area contributed by atoms with E-state index < -0.39 is 53.6 Å². The number of aromatic nitrogens is 3. The van der Waals surface area contributed by atoms with Crippen LogP contribution in [-0.2, 0) is 51.3 Å². The van der Waals surface area contributed by atoms with Gasteiger partial charge in [0.15, 0.2) is 23.2 Å². The van der Waals surface area contributed by atoms with Crippen LogP contribution in [0.15, 0.2) is 29.4 Å². The molecular weight excluding hydrogens is 580 g/mol. The van der Waals surface area contributed by atoms with Crippen molar-refractivity contribution in [1.29, 1.82) is 0 Å². The van der Waals surface area contributed by atoms with Crippen LogP contribution in [0.4, 0.5) is 0 Å². The first-order valence-electron chi connectivity index (χ1n) is 14.2. The minimum absolute atomic E-state index is 0.170. The number of esters is 3. The normalized spacial score (nSPS) is 21.5. The van der Waals surface area contributed by atoms with Crippen molar-refractivity contribution < 1.29 is 42.9 Å². The molecule has 0 spiro atoms. The predicted octanol–water partition coefficient (Wildman–Crippen LogP) is 3.10. The van der Waals surface area contributed by atoms with E-state index in [1.54, 1.807) is 0 Å². The van der Waals surface area contributed by atoms with Crippen LogP contribution >= 0.6 is 11.8 Å². The van der Waals surface area contributed by atoms with E-state index in [0.29, 0.717) is 23.3 Å². The summed E-state index contributed by atoms with van der Waals surface area (Å²) < 4.78 is 30.5. The summed E-state index contributed by atoms with van der Waals surface area (Å²) in [6.45, 7) is 9.53. The Morgan fingerprint density at radius 1 is 1.00 bits per heavy atom. The molecule has 1 aliphatic heterocycles. The summed E-state index contributed by atoms with van der Waals surface area (Å²) in [5.74, 6) is -1.03. The van der Waals surface area contributed by atoms with Crippen molar-refractivity contribution in [3.05, 3.63) is 35.7 Å². The zero-order chi connectivity index (χ0) is 31.5. The molecule has 1 aromatic carbocycles. The molecule has 1 saturated heterocycles. The Hall–Kier alpha value is -3.65. The van der Waals surface area contributed by atoms with Gasteiger partial charge in [-0.15, -0.1) is 10.2 Å². The zero-order valence-electron chi connectivity index (χ0n) is 25.4. The highest BCUT2D eigenvalue weighted by molar-refractivity contribution is 7.99. The molecule has 14 heteroatoms. The van der Waals surface area contributed by atoms with Crippen LogP contribution < -0.4 is 10.1 Å². The average molecular weight is 621 g/mol. The molecule has 0 aliphatic carbocycles. The fourth-order valence-corrected chi connectivity index (χ4v) is 5.79. The molecule has 13 nitrogen and oxygen atoms in total. The van der Waals surface area contributed by atoms with Gasteiger partial charge in [0.1, 0.15) is 36.5 Å². The lowest BCUT2D eigenvalue weighted by atomic mass is 9.97. The van der Waals surface area contributed by atoms with Gasteiger partial charge in [-0.3, -0.25) is 19.2 Å². The number of nitrogens with one attached hydrogen (secondary N) is 1. The van der Waals surface area contributed by atoms with E-state index in [1.807, 2.05) is 35.8 Å². The second kappa shape index (κ2) is 16.3. The van der Waals surface area contributed by atoms with Crippen molar-refractivity contribution in [2.45, 2.75) is 109 Å². The largest absolute Gasteiger partial charge is 0.486 e. The molecule has 0 bridgehead atoms. The summed E-state index contributed by atoms with van der Waals surface area (Å²) >= 11 is 1.16. The number of benzene rings is 1. The van der Waals surface area contributed by atoms with E-state index >= 15 is 0 Å². The third-order valence-electron chi connectivity index (χ3n) is 6.43. The molecule has 43 heavy (non-hydrogen) atoms. The summed E-state index contributed by atoms with van der Waals surface area (Å²) in [6.07, 6.45) is -0.485. The Morgan fingerprint density at radius 3 is 2.35 bits per heavy atom. The summed E-state index contributed by atoms with van der Waals surface area (Å²) in [5, 5.41) is 12.1. The zero-order valence-corrected chi connectivity index (χ0v) is 26.2. The van der Waals surface area contributed by atoms with Gasteiger partial charge in [-0.05, 0) is 31.0 Å². The van der Waals surface area contributed by atoms with Crippen molar-refractivity contribution >= 4 is 35.6 Å². The van der Waals surface area contributed by atoms with Gasteiger partial charge in [-0.2, -0.15) is 0 Å². The molecule has 1 fully saturated rings. The van der Waals surface area contributed by atoms with E-state index in [0.717, 1.165) is 36.6 Å². The van der Waals surface area contributed by atoms with Crippen molar-refractivity contribution in [1.82, 2.24) is 20.1 Å². The second-order valence-corrected chi connectivity index (χ2v) is 11.3. The van der Waals surface area contributed by atoms with Crippen LogP contribution in [0.5, 0.6) is 5.75 Å². The number of ether oxygens (including phenoxy) is 5. The van der Waals surface area contributed by atoms with Gasteiger partial charge >= 0.3 is 17.9 Å². The smallest absolute Gasteiger partial charge is 0.303 e. The number of unbranched alkanes of at least 4 members (excludes halogenated alkanes) is 2. The minimum atomic E-state index is -1.17. The number of amides is 1. The molecule has 5 atom stereocenters. The maximum atomic E-state index is 12.3. The summed E-state index contributed by atoms with van der Waals surface area (Å²) in [5.41, 5.74) is 0.162. The van der Waals surface area contributed by atoms with Gasteiger partial charge in [-0.1, -0.05) is 43.7 Å². The van der Waals surface area contributed by atoms with Gasteiger partial charge in [0.2, 0.25) is 5.91 Å². The molecular formula is C29H40N4O9S. The first kappa shape index (κ1) is 33.8. The molecule has 0 radical (unpaired) electrons. The maximum absolute atomic E-state index is 12.3. The fourth-order valence-electron chi connectivity index (χ4n) is 4.61. The van der Waals surface area contributed by atoms with Gasteiger partial charge in [-0.25, -0.2) is 0 Å². The highest BCUT2D eigenvalue weighted by Crippen LogP contribution is 2.36. The summed E-state index contributed by atoms with van der Waals surface area (Å²) in [6, 6.07) is 6.73. The number of nitrogens with zero attached hydrogens (tertiary/aromatic N) is 3. The Morgan fingerprint density at radius 2 is 1.72 bits per heavy atom. The van der Waals surface area contributed by atoms with Crippen molar-refractivity contribution in [3.8, 4) is 5.75 Å². The molecule has 0 saturated carbocycles. The van der Waals surface area contributed by atoms with E-state index in [9.17, 15) is 19.2 Å². The van der Waals surface area contributed by atoms with Gasteiger partial charge in [0.05, 0.1) is 0 Å². The van der Waals surface area contributed by atoms with E-state index in [-0.39, 0.29) is 13.2 Å². The average Bonchev–Trinajstić information content (AvgIpc) is 3.30. The number of carbonyl (C=O) groups is 4. The molecule has 0 unspecified atom stereocenters. The quantitative estimate of drug-likeness (QED) is 0.187. The van der Waals surface area contributed by atoms with Crippen LogP contribution in [0.1, 0.15) is 65.3 Å². The molecule has 2 aromatic rings. The van der Waals surface area contributed by atoms with E-state index in [4.69, 9.17) is 23.7 Å². The van der Waals surface area contributed by atoms with Crippen LogP contribution in [0, 0.1) is 6.92 Å². The Balaban J connectivity index is 1.97. The Bertz CT molecular complexity index is 1270. The topological polar surface area (TPSA) is 157 Å². The van der Waals surface area contributed by atoms with Crippen molar-refractivity contribution in [2.75, 3.05) is 6.61 Å². The third kappa shape index (κ3) is 10.2. The lowest BCUT2D eigenvalue weighted by molar-refractivity contribution is -0.211. The molecule has 1 amide bonds. The molecule has 1 aliphatic rings. The maximum Gasteiger partial charge on any atom is 0.303 e. The van der Waals surface area contributed by atoms with E-state index in [2.05, 4.69) is 22.4 Å². The van der Waals surface area contributed by atoms with Crippen LogP contribution in [0.3, 0.4) is 0 Å². The fraction of sp³-hybridized carbons (Fsp3) is 0.586.